The average molecular weight is 153 g/mol. The maximum absolute atomic E-state index is 4.09. The molecule has 0 saturated carbocycles. The molecule has 0 spiro atoms. The van der Waals surface area contributed by atoms with Gasteiger partial charge in [0.2, 0.25) is 0 Å². The largest absolute Gasteiger partial charge is 0.316 e. The van der Waals surface area contributed by atoms with Gasteiger partial charge in [-0.2, -0.15) is 0 Å². The lowest BCUT2D eigenvalue weighted by atomic mass is 9.86. The summed E-state index contributed by atoms with van der Waals surface area (Å²) in [6.07, 6.45) is 2.47. The Labute approximate surface area is 69.9 Å². The molecule has 1 heterocycles. The summed E-state index contributed by atoms with van der Waals surface area (Å²) in [5.74, 6) is 1.57. The van der Waals surface area contributed by atoms with E-state index in [1.807, 2.05) is 0 Å². The maximum atomic E-state index is 4.09. The molecule has 0 radical (unpaired) electrons. The Morgan fingerprint density at radius 2 is 2.27 bits per heavy atom. The number of rotatable bonds is 2. The third-order valence-corrected chi connectivity index (χ3v) is 2.60. The van der Waals surface area contributed by atoms with Crippen molar-refractivity contribution in [3.63, 3.8) is 0 Å². The molecular weight excluding hydrogens is 134 g/mol. The Kier molecular flexibility index (Phi) is 3.13. The molecule has 1 nitrogen and oxygen atoms in total. The molecule has 0 aromatic heterocycles. The number of piperidine rings is 1. The van der Waals surface area contributed by atoms with E-state index >= 15 is 0 Å². The van der Waals surface area contributed by atoms with Crippen LogP contribution < -0.4 is 5.32 Å². The van der Waals surface area contributed by atoms with Gasteiger partial charge in [0.1, 0.15) is 0 Å². The summed E-state index contributed by atoms with van der Waals surface area (Å²) in [6.45, 7) is 10.9. The first kappa shape index (κ1) is 8.79. The second kappa shape index (κ2) is 3.91. The van der Waals surface area contributed by atoms with Gasteiger partial charge in [0, 0.05) is 6.54 Å². The predicted octanol–water partition coefficient (Wildman–Crippen LogP) is 2.20. The summed E-state index contributed by atoms with van der Waals surface area (Å²) >= 11 is 0. The Hall–Kier alpha value is -0.300. The van der Waals surface area contributed by atoms with Crippen LogP contribution in [0.3, 0.4) is 0 Å². The lowest BCUT2D eigenvalue weighted by molar-refractivity contribution is 0.331. The second-order valence-corrected chi connectivity index (χ2v) is 3.71. The standard InChI is InChI=1S/C10H19N/c1-4-9(3)10-5-8(2)6-11-7-10/h8,10-11H,3-7H2,1-2H3. The van der Waals surface area contributed by atoms with Crippen LogP contribution in [-0.4, -0.2) is 13.1 Å². The fraction of sp³-hybridized carbons (Fsp3) is 0.800. The Bertz CT molecular complexity index is 140. The van der Waals surface area contributed by atoms with E-state index in [1.165, 1.54) is 18.5 Å². The van der Waals surface area contributed by atoms with Crippen LogP contribution in [0.2, 0.25) is 0 Å². The van der Waals surface area contributed by atoms with Crippen molar-refractivity contribution in [3.05, 3.63) is 12.2 Å². The minimum Gasteiger partial charge on any atom is -0.316 e. The third kappa shape index (κ3) is 2.33. The van der Waals surface area contributed by atoms with E-state index in [0.29, 0.717) is 0 Å². The minimum atomic E-state index is 0.740. The molecule has 0 bridgehead atoms. The molecule has 1 aliphatic heterocycles. The molecule has 0 aliphatic carbocycles. The maximum Gasteiger partial charge on any atom is 0.00170 e. The molecule has 2 unspecified atom stereocenters. The van der Waals surface area contributed by atoms with E-state index in [0.717, 1.165) is 24.8 Å². The van der Waals surface area contributed by atoms with Crippen LogP contribution in [0.1, 0.15) is 26.7 Å². The van der Waals surface area contributed by atoms with Gasteiger partial charge in [-0.05, 0) is 31.2 Å². The third-order valence-electron chi connectivity index (χ3n) is 2.60. The van der Waals surface area contributed by atoms with Crippen molar-refractivity contribution in [2.24, 2.45) is 11.8 Å². The predicted molar refractivity (Wildman–Crippen MR) is 49.6 cm³/mol. The van der Waals surface area contributed by atoms with Crippen LogP contribution >= 0.6 is 0 Å². The summed E-state index contributed by atoms with van der Waals surface area (Å²) in [4.78, 5) is 0. The van der Waals surface area contributed by atoms with Crippen LogP contribution in [0, 0.1) is 11.8 Å². The fourth-order valence-electron chi connectivity index (χ4n) is 1.76. The zero-order valence-electron chi connectivity index (χ0n) is 7.69. The zero-order chi connectivity index (χ0) is 8.27. The summed E-state index contributed by atoms with van der Waals surface area (Å²) < 4.78 is 0. The zero-order valence-corrected chi connectivity index (χ0v) is 7.69. The van der Waals surface area contributed by atoms with Gasteiger partial charge in [-0.25, -0.2) is 0 Å². The monoisotopic (exact) mass is 153 g/mol. The van der Waals surface area contributed by atoms with E-state index in [1.54, 1.807) is 0 Å². The van der Waals surface area contributed by atoms with Crippen molar-refractivity contribution in [1.29, 1.82) is 0 Å². The minimum absolute atomic E-state index is 0.740. The quantitative estimate of drug-likeness (QED) is 0.600. The molecule has 1 fully saturated rings. The molecule has 1 heteroatoms. The normalized spacial score (nSPS) is 31.8. The Morgan fingerprint density at radius 1 is 1.55 bits per heavy atom. The van der Waals surface area contributed by atoms with Crippen molar-refractivity contribution in [2.45, 2.75) is 26.7 Å². The SMILES string of the molecule is C=C(CC)C1CNCC(C)C1. The first-order valence-electron chi connectivity index (χ1n) is 4.62. The van der Waals surface area contributed by atoms with Crippen LogP contribution in [0.25, 0.3) is 0 Å². The summed E-state index contributed by atoms with van der Waals surface area (Å²) in [5, 5.41) is 3.44. The molecule has 0 aromatic carbocycles. The highest BCUT2D eigenvalue weighted by molar-refractivity contribution is 5.02. The van der Waals surface area contributed by atoms with Gasteiger partial charge in [0.05, 0.1) is 0 Å². The van der Waals surface area contributed by atoms with Crippen LogP contribution in [0.15, 0.2) is 12.2 Å². The summed E-state index contributed by atoms with van der Waals surface area (Å²) in [6, 6.07) is 0. The lowest BCUT2D eigenvalue weighted by Gasteiger charge is -2.28. The number of hydrogen-bond acceptors (Lipinski definition) is 1. The smallest absolute Gasteiger partial charge is 0.00170 e. The van der Waals surface area contributed by atoms with Crippen LogP contribution in [0.5, 0.6) is 0 Å². The molecule has 0 aromatic rings. The van der Waals surface area contributed by atoms with Crippen molar-refractivity contribution >= 4 is 0 Å². The second-order valence-electron chi connectivity index (χ2n) is 3.71. The van der Waals surface area contributed by atoms with Gasteiger partial charge in [-0.15, -0.1) is 0 Å². The first-order chi connectivity index (χ1) is 5.24. The van der Waals surface area contributed by atoms with E-state index < -0.39 is 0 Å². The topological polar surface area (TPSA) is 12.0 Å². The van der Waals surface area contributed by atoms with Crippen molar-refractivity contribution in [2.75, 3.05) is 13.1 Å². The highest BCUT2D eigenvalue weighted by Gasteiger charge is 2.19. The first-order valence-corrected chi connectivity index (χ1v) is 4.62. The van der Waals surface area contributed by atoms with Gasteiger partial charge < -0.3 is 5.32 Å². The molecule has 0 amide bonds. The molecule has 1 aliphatic rings. The molecule has 64 valence electrons. The highest BCUT2D eigenvalue weighted by atomic mass is 14.9. The Morgan fingerprint density at radius 3 is 2.82 bits per heavy atom. The fourth-order valence-corrected chi connectivity index (χ4v) is 1.76. The number of hydrogen-bond donors (Lipinski definition) is 1. The molecule has 1 saturated heterocycles. The van der Waals surface area contributed by atoms with Gasteiger partial charge in [0.15, 0.2) is 0 Å². The van der Waals surface area contributed by atoms with E-state index in [2.05, 4.69) is 25.7 Å². The molecule has 1 N–H and O–H groups in total. The van der Waals surface area contributed by atoms with Gasteiger partial charge in [0.25, 0.3) is 0 Å². The van der Waals surface area contributed by atoms with E-state index in [9.17, 15) is 0 Å². The van der Waals surface area contributed by atoms with Crippen molar-refractivity contribution < 1.29 is 0 Å². The van der Waals surface area contributed by atoms with Crippen LogP contribution in [-0.2, 0) is 0 Å². The lowest BCUT2D eigenvalue weighted by Crippen LogP contribution is -2.35. The average Bonchev–Trinajstić information content (AvgIpc) is 2.03. The number of nitrogens with one attached hydrogen (secondary N) is 1. The molecule has 11 heavy (non-hydrogen) atoms. The molecular formula is C10H19N. The van der Waals surface area contributed by atoms with Gasteiger partial charge >= 0.3 is 0 Å². The summed E-state index contributed by atoms with van der Waals surface area (Å²) in [7, 11) is 0. The van der Waals surface area contributed by atoms with E-state index in [-0.39, 0.29) is 0 Å². The van der Waals surface area contributed by atoms with Crippen molar-refractivity contribution in [3.8, 4) is 0 Å². The molecule has 1 rings (SSSR count). The highest BCUT2D eigenvalue weighted by Crippen LogP contribution is 2.23. The van der Waals surface area contributed by atoms with Gasteiger partial charge in [-0.3, -0.25) is 0 Å². The Balaban J connectivity index is 2.39. The van der Waals surface area contributed by atoms with Crippen molar-refractivity contribution in [1.82, 2.24) is 5.32 Å². The van der Waals surface area contributed by atoms with Crippen LogP contribution in [0.4, 0.5) is 0 Å². The molecule has 2 atom stereocenters. The van der Waals surface area contributed by atoms with E-state index in [4.69, 9.17) is 0 Å². The summed E-state index contributed by atoms with van der Waals surface area (Å²) in [5.41, 5.74) is 1.42. The van der Waals surface area contributed by atoms with Gasteiger partial charge in [-0.1, -0.05) is 26.0 Å².